The number of anilines is 1. The number of carbonyl (C=O) groups is 1. The molecule has 1 heterocycles. The van der Waals surface area contributed by atoms with Crippen LogP contribution in [0, 0.1) is 0 Å². The zero-order chi connectivity index (χ0) is 14.7. The van der Waals surface area contributed by atoms with E-state index in [1.165, 1.54) is 0 Å². The first-order chi connectivity index (χ1) is 9.52. The lowest BCUT2D eigenvalue weighted by molar-refractivity contribution is -0.116. The molecule has 1 amide bonds. The van der Waals surface area contributed by atoms with Crippen LogP contribution in [0.4, 0.5) is 5.82 Å². The number of nitrogens with zero attached hydrogens (tertiary/aromatic N) is 2. The van der Waals surface area contributed by atoms with Gasteiger partial charge in [0.25, 0.3) is 0 Å². The number of para-hydroxylation sites is 1. The summed E-state index contributed by atoms with van der Waals surface area (Å²) in [5.74, 6) is 0.358. The van der Waals surface area contributed by atoms with E-state index < -0.39 is 0 Å². The summed E-state index contributed by atoms with van der Waals surface area (Å²) in [5, 5.41) is 1.04. The molecule has 4 N–H and O–H groups in total. The van der Waals surface area contributed by atoms with Gasteiger partial charge in [-0.3, -0.25) is 4.79 Å². The number of nitrogens with two attached hydrogens (primary N) is 2. The molecular formula is C15H20N4O. The van der Waals surface area contributed by atoms with Crippen LogP contribution < -0.4 is 16.4 Å². The van der Waals surface area contributed by atoms with Gasteiger partial charge < -0.3 is 16.4 Å². The Bertz CT molecular complexity index is 624. The van der Waals surface area contributed by atoms with Gasteiger partial charge >= 0.3 is 0 Å². The summed E-state index contributed by atoms with van der Waals surface area (Å²) in [7, 11) is 0. The number of hydrogen-bond acceptors (Lipinski definition) is 4. The lowest BCUT2D eigenvalue weighted by Crippen LogP contribution is -2.39. The Morgan fingerprint density at radius 3 is 2.65 bits per heavy atom. The van der Waals surface area contributed by atoms with Crippen molar-refractivity contribution < 1.29 is 4.79 Å². The third-order valence-corrected chi connectivity index (χ3v) is 3.22. The van der Waals surface area contributed by atoms with Gasteiger partial charge in [-0.05, 0) is 26.0 Å². The highest BCUT2D eigenvalue weighted by molar-refractivity contribution is 5.84. The second-order valence-electron chi connectivity index (χ2n) is 5.06. The van der Waals surface area contributed by atoms with Crippen molar-refractivity contribution in [1.82, 2.24) is 4.98 Å². The fourth-order valence-corrected chi connectivity index (χ4v) is 2.22. The van der Waals surface area contributed by atoms with Gasteiger partial charge in [-0.2, -0.15) is 0 Å². The maximum absolute atomic E-state index is 11.3. The summed E-state index contributed by atoms with van der Waals surface area (Å²) in [6, 6.07) is 9.99. The van der Waals surface area contributed by atoms with E-state index >= 15 is 0 Å². The predicted octanol–water partition coefficient (Wildman–Crippen LogP) is 1.39. The number of carbonyl (C=O) groups excluding carboxylic acids is 1. The number of benzene rings is 1. The zero-order valence-corrected chi connectivity index (χ0v) is 11.8. The molecule has 2 aromatic rings. The van der Waals surface area contributed by atoms with E-state index in [4.69, 9.17) is 11.5 Å². The summed E-state index contributed by atoms with van der Waals surface area (Å²) in [6.45, 7) is 4.51. The van der Waals surface area contributed by atoms with E-state index in [9.17, 15) is 4.79 Å². The van der Waals surface area contributed by atoms with Crippen LogP contribution in [0.15, 0.2) is 30.3 Å². The lowest BCUT2D eigenvalue weighted by Gasteiger charge is -2.28. The molecule has 0 atom stereocenters. The second-order valence-corrected chi connectivity index (χ2v) is 5.06. The molecule has 106 valence electrons. The second kappa shape index (κ2) is 5.88. The SMILES string of the molecule is CC(C)N(CC(N)=O)c1nc2ccccc2cc1CN. The third-order valence-electron chi connectivity index (χ3n) is 3.22. The van der Waals surface area contributed by atoms with Crippen molar-refractivity contribution in [3.05, 3.63) is 35.9 Å². The Hall–Kier alpha value is -2.14. The molecule has 0 aliphatic heterocycles. The third kappa shape index (κ3) is 2.88. The number of amides is 1. The quantitative estimate of drug-likeness (QED) is 0.861. The minimum atomic E-state index is -0.378. The van der Waals surface area contributed by atoms with Crippen molar-refractivity contribution in [1.29, 1.82) is 0 Å². The van der Waals surface area contributed by atoms with Gasteiger partial charge in [0.2, 0.25) is 5.91 Å². The van der Waals surface area contributed by atoms with E-state index in [0.29, 0.717) is 6.54 Å². The van der Waals surface area contributed by atoms with Crippen molar-refractivity contribution in [2.24, 2.45) is 11.5 Å². The van der Waals surface area contributed by atoms with Crippen LogP contribution >= 0.6 is 0 Å². The van der Waals surface area contributed by atoms with Gasteiger partial charge in [-0.25, -0.2) is 4.98 Å². The van der Waals surface area contributed by atoms with E-state index in [0.717, 1.165) is 22.3 Å². The summed E-state index contributed by atoms with van der Waals surface area (Å²) in [4.78, 5) is 17.8. The molecule has 0 aliphatic carbocycles. The predicted molar refractivity (Wildman–Crippen MR) is 81.3 cm³/mol. The standard InChI is InChI=1S/C15H20N4O/c1-10(2)19(9-14(17)20)15-12(8-16)7-11-5-3-4-6-13(11)18-15/h3-7,10H,8-9,16H2,1-2H3,(H2,17,20). The molecule has 0 unspecified atom stereocenters. The Balaban J connectivity index is 2.57. The van der Waals surface area contributed by atoms with Crippen molar-refractivity contribution in [3.8, 4) is 0 Å². The molecular weight excluding hydrogens is 252 g/mol. The fraction of sp³-hybridized carbons (Fsp3) is 0.333. The smallest absolute Gasteiger partial charge is 0.237 e. The van der Waals surface area contributed by atoms with Crippen LogP contribution in [0.25, 0.3) is 10.9 Å². The molecule has 0 aliphatic rings. The van der Waals surface area contributed by atoms with Gasteiger partial charge in [0.05, 0.1) is 12.1 Å². The zero-order valence-electron chi connectivity index (χ0n) is 11.8. The fourth-order valence-electron chi connectivity index (χ4n) is 2.22. The minimum Gasteiger partial charge on any atom is -0.368 e. The highest BCUT2D eigenvalue weighted by Crippen LogP contribution is 2.24. The Morgan fingerprint density at radius 2 is 2.05 bits per heavy atom. The molecule has 5 heteroatoms. The first kappa shape index (κ1) is 14.3. The van der Waals surface area contributed by atoms with Crippen LogP contribution in [0.5, 0.6) is 0 Å². The molecule has 1 aromatic heterocycles. The van der Waals surface area contributed by atoms with Crippen molar-refractivity contribution in [2.75, 3.05) is 11.4 Å². The monoisotopic (exact) mass is 272 g/mol. The number of hydrogen-bond donors (Lipinski definition) is 2. The minimum absolute atomic E-state index is 0.112. The highest BCUT2D eigenvalue weighted by atomic mass is 16.1. The Labute approximate surface area is 118 Å². The number of pyridine rings is 1. The van der Waals surface area contributed by atoms with E-state index in [2.05, 4.69) is 4.98 Å². The lowest BCUT2D eigenvalue weighted by atomic mass is 10.1. The van der Waals surface area contributed by atoms with Gasteiger partial charge in [-0.15, -0.1) is 0 Å². The van der Waals surface area contributed by atoms with Gasteiger partial charge in [-0.1, -0.05) is 18.2 Å². The maximum Gasteiger partial charge on any atom is 0.237 e. The molecule has 20 heavy (non-hydrogen) atoms. The normalized spacial score (nSPS) is 11.0. The summed E-state index contributed by atoms with van der Waals surface area (Å²) in [5.41, 5.74) is 13.0. The maximum atomic E-state index is 11.3. The first-order valence-electron chi connectivity index (χ1n) is 6.66. The average molecular weight is 272 g/mol. The largest absolute Gasteiger partial charge is 0.368 e. The van der Waals surface area contributed by atoms with E-state index in [-0.39, 0.29) is 18.5 Å². The first-order valence-corrected chi connectivity index (χ1v) is 6.66. The van der Waals surface area contributed by atoms with Gasteiger partial charge in [0.15, 0.2) is 0 Å². The Kier molecular flexibility index (Phi) is 4.20. The Morgan fingerprint density at radius 1 is 1.35 bits per heavy atom. The van der Waals surface area contributed by atoms with Crippen LogP contribution in [0.3, 0.4) is 0 Å². The van der Waals surface area contributed by atoms with Crippen LogP contribution in [-0.4, -0.2) is 23.5 Å². The summed E-state index contributed by atoms with van der Waals surface area (Å²) in [6.07, 6.45) is 0. The molecule has 0 radical (unpaired) electrons. The molecule has 0 fully saturated rings. The van der Waals surface area contributed by atoms with Crippen molar-refractivity contribution in [2.45, 2.75) is 26.4 Å². The molecule has 5 nitrogen and oxygen atoms in total. The molecule has 0 saturated heterocycles. The van der Waals surface area contributed by atoms with E-state index in [1.807, 2.05) is 49.1 Å². The molecule has 0 saturated carbocycles. The summed E-state index contributed by atoms with van der Waals surface area (Å²) < 4.78 is 0. The van der Waals surface area contributed by atoms with E-state index in [1.54, 1.807) is 0 Å². The molecule has 0 bridgehead atoms. The molecule has 2 rings (SSSR count). The van der Waals surface area contributed by atoms with Crippen LogP contribution in [0.2, 0.25) is 0 Å². The topological polar surface area (TPSA) is 85.2 Å². The van der Waals surface area contributed by atoms with Crippen LogP contribution in [0.1, 0.15) is 19.4 Å². The molecule has 0 spiro atoms. The number of fused-ring (bicyclic) bond motifs is 1. The number of primary amides is 1. The van der Waals surface area contributed by atoms with Gasteiger partial charge in [0, 0.05) is 23.5 Å². The average Bonchev–Trinajstić information content (AvgIpc) is 2.42. The number of rotatable bonds is 5. The van der Waals surface area contributed by atoms with Crippen LogP contribution in [-0.2, 0) is 11.3 Å². The van der Waals surface area contributed by atoms with Crippen molar-refractivity contribution >= 4 is 22.6 Å². The molecule has 1 aromatic carbocycles. The highest BCUT2D eigenvalue weighted by Gasteiger charge is 2.18. The number of aromatic nitrogens is 1. The van der Waals surface area contributed by atoms with Gasteiger partial charge in [0.1, 0.15) is 5.82 Å². The summed E-state index contributed by atoms with van der Waals surface area (Å²) >= 11 is 0. The van der Waals surface area contributed by atoms with Crippen molar-refractivity contribution in [3.63, 3.8) is 0 Å².